The summed E-state index contributed by atoms with van der Waals surface area (Å²) in [5.74, 6) is 0.835. The third-order valence-electron chi connectivity index (χ3n) is 3.51. The molecule has 2 aromatic rings. The van der Waals surface area contributed by atoms with Gasteiger partial charge in [-0.2, -0.15) is 0 Å². The van der Waals surface area contributed by atoms with E-state index < -0.39 is 6.10 Å². The molecule has 0 amide bonds. The summed E-state index contributed by atoms with van der Waals surface area (Å²) in [6, 6.07) is 11.5. The number of aliphatic hydroxyl groups is 1. The minimum Gasteiger partial charge on any atom is -0.493 e. The maximum atomic E-state index is 10.7. The van der Waals surface area contributed by atoms with Crippen molar-refractivity contribution in [2.24, 2.45) is 0 Å². The van der Waals surface area contributed by atoms with Gasteiger partial charge in [0.2, 0.25) is 0 Å². The van der Waals surface area contributed by atoms with Crippen LogP contribution in [0.25, 0.3) is 0 Å². The zero-order chi connectivity index (χ0) is 14.1. The van der Waals surface area contributed by atoms with Crippen molar-refractivity contribution in [3.8, 4) is 5.75 Å². The Morgan fingerprint density at radius 2 is 2.05 bits per heavy atom. The molecule has 104 valence electrons. The summed E-state index contributed by atoms with van der Waals surface area (Å²) in [5.41, 5.74) is 2.81. The number of rotatable bonds is 2. The minimum atomic E-state index is -0.714. The summed E-state index contributed by atoms with van der Waals surface area (Å²) in [5, 5.41) is 11.3. The van der Waals surface area contributed by atoms with E-state index >= 15 is 0 Å². The van der Waals surface area contributed by atoms with Crippen LogP contribution in [0.1, 0.15) is 29.2 Å². The van der Waals surface area contributed by atoms with Gasteiger partial charge < -0.3 is 9.84 Å². The summed E-state index contributed by atoms with van der Waals surface area (Å²) in [4.78, 5) is 0. The largest absolute Gasteiger partial charge is 0.493 e. The molecule has 1 atom stereocenters. The monoisotopic (exact) mass is 400 g/mol. The summed E-state index contributed by atoms with van der Waals surface area (Å²) in [7, 11) is 0. The second kappa shape index (κ2) is 5.92. The molecule has 0 fully saturated rings. The van der Waals surface area contributed by atoms with Gasteiger partial charge in [-0.05, 0) is 64.8 Å². The first-order valence-electron chi connectivity index (χ1n) is 6.54. The summed E-state index contributed by atoms with van der Waals surface area (Å²) in [6.07, 6.45) is 1.32. The lowest BCUT2D eigenvalue weighted by atomic mass is 9.95. The van der Waals surface area contributed by atoms with Crippen molar-refractivity contribution in [1.29, 1.82) is 0 Å². The number of benzene rings is 2. The highest BCUT2D eigenvalue weighted by Gasteiger charge is 2.22. The Labute approximate surface area is 136 Å². The summed E-state index contributed by atoms with van der Waals surface area (Å²) < 4.78 is 6.77. The highest BCUT2D eigenvalue weighted by molar-refractivity contribution is 14.1. The van der Waals surface area contributed by atoms with Crippen molar-refractivity contribution in [3.05, 3.63) is 61.7 Å². The van der Waals surface area contributed by atoms with Gasteiger partial charge in [-0.25, -0.2) is 0 Å². The molecule has 0 aromatic heterocycles. The van der Waals surface area contributed by atoms with Gasteiger partial charge in [-0.1, -0.05) is 29.8 Å². The Hall–Kier alpha value is -0.780. The van der Waals surface area contributed by atoms with Crippen molar-refractivity contribution in [3.63, 3.8) is 0 Å². The third-order valence-corrected chi connectivity index (χ3v) is 4.73. The van der Waals surface area contributed by atoms with Gasteiger partial charge in [0.25, 0.3) is 0 Å². The van der Waals surface area contributed by atoms with Gasteiger partial charge in [0, 0.05) is 14.2 Å². The molecular weight excluding hydrogens is 387 g/mol. The number of fused-ring (bicyclic) bond motifs is 1. The highest BCUT2D eigenvalue weighted by Crippen LogP contribution is 2.37. The Balaban J connectivity index is 2.06. The molecule has 2 aromatic carbocycles. The van der Waals surface area contributed by atoms with Crippen molar-refractivity contribution < 1.29 is 9.84 Å². The van der Waals surface area contributed by atoms with Crippen molar-refractivity contribution in [2.45, 2.75) is 18.9 Å². The maximum Gasteiger partial charge on any atom is 0.128 e. The molecule has 0 radical (unpaired) electrons. The SMILES string of the molecule is OC(c1cc(Cl)ccc1I)c1cccc2c1OCCC2. The lowest BCUT2D eigenvalue weighted by Gasteiger charge is -2.23. The van der Waals surface area contributed by atoms with Crippen LogP contribution in [-0.4, -0.2) is 11.7 Å². The van der Waals surface area contributed by atoms with Crippen molar-refractivity contribution >= 4 is 34.2 Å². The van der Waals surface area contributed by atoms with E-state index in [1.54, 1.807) is 0 Å². The van der Waals surface area contributed by atoms with Crippen molar-refractivity contribution in [1.82, 2.24) is 0 Å². The van der Waals surface area contributed by atoms with Gasteiger partial charge in [-0.3, -0.25) is 0 Å². The van der Waals surface area contributed by atoms with E-state index in [1.807, 2.05) is 30.3 Å². The number of ether oxygens (including phenoxy) is 1. The van der Waals surface area contributed by atoms with Crippen LogP contribution in [0.3, 0.4) is 0 Å². The highest BCUT2D eigenvalue weighted by atomic mass is 127. The molecule has 0 saturated heterocycles. The smallest absolute Gasteiger partial charge is 0.128 e. The molecule has 0 aliphatic carbocycles. The molecule has 3 rings (SSSR count). The number of hydrogen-bond donors (Lipinski definition) is 1. The van der Waals surface area contributed by atoms with E-state index in [-0.39, 0.29) is 0 Å². The van der Waals surface area contributed by atoms with Crippen LogP contribution >= 0.6 is 34.2 Å². The van der Waals surface area contributed by atoms with E-state index in [9.17, 15) is 5.11 Å². The number of halogens is 2. The quantitative estimate of drug-likeness (QED) is 0.760. The molecule has 20 heavy (non-hydrogen) atoms. The van der Waals surface area contributed by atoms with Gasteiger partial charge in [0.1, 0.15) is 11.9 Å². The number of aryl methyl sites for hydroxylation is 1. The summed E-state index contributed by atoms with van der Waals surface area (Å²) >= 11 is 8.26. The standard InChI is InChI=1S/C16H14ClIO2/c17-11-6-7-14(18)13(9-11)15(19)12-5-1-3-10-4-2-8-20-16(10)12/h1,3,5-7,9,15,19H,2,4,8H2. The average molecular weight is 401 g/mol. The molecule has 1 aliphatic heterocycles. The van der Waals surface area contributed by atoms with Crippen LogP contribution in [0.4, 0.5) is 0 Å². The number of hydrogen-bond acceptors (Lipinski definition) is 2. The van der Waals surface area contributed by atoms with Crippen molar-refractivity contribution in [2.75, 3.05) is 6.61 Å². The molecule has 1 N–H and O–H groups in total. The maximum absolute atomic E-state index is 10.7. The second-order valence-corrected chi connectivity index (χ2v) is 6.45. The Morgan fingerprint density at radius 3 is 2.90 bits per heavy atom. The molecule has 1 heterocycles. The normalized spacial score (nSPS) is 15.3. The zero-order valence-corrected chi connectivity index (χ0v) is 13.7. The Kier molecular flexibility index (Phi) is 4.19. The lowest BCUT2D eigenvalue weighted by molar-refractivity contribution is 0.206. The van der Waals surface area contributed by atoms with E-state index in [1.165, 1.54) is 5.56 Å². The number of aliphatic hydroxyl groups excluding tert-OH is 1. The van der Waals surface area contributed by atoms with Gasteiger partial charge in [0.15, 0.2) is 0 Å². The minimum absolute atomic E-state index is 0.630. The molecule has 1 unspecified atom stereocenters. The van der Waals surface area contributed by atoms with Crippen LogP contribution in [0.5, 0.6) is 5.75 Å². The zero-order valence-electron chi connectivity index (χ0n) is 10.8. The molecule has 0 spiro atoms. The molecular formula is C16H14ClIO2. The molecule has 4 heteroatoms. The first-order chi connectivity index (χ1) is 9.66. The van der Waals surface area contributed by atoms with Crippen LogP contribution in [0, 0.1) is 3.57 Å². The lowest BCUT2D eigenvalue weighted by Crippen LogP contribution is -2.13. The van der Waals surface area contributed by atoms with Crippen LogP contribution in [0.15, 0.2) is 36.4 Å². The predicted molar refractivity (Wildman–Crippen MR) is 88.5 cm³/mol. The fraction of sp³-hybridized carbons (Fsp3) is 0.250. The molecule has 0 saturated carbocycles. The topological polar surface area (TPSA) is 29.5 Å². The molecule has 1 aliphatic rings. The van der Waals surface area contributed by atoms with Crippen LogP contribution in [0.2, 0.25) is 5.02 Å². The van der Waals surface area contributed by atoms with E-state index in [2.05, 4.69) is 28.7 Å². The average Bonchev–Trinajstić information content (AvgIpc) is 2.48. The summed E-state index contributed by atoms with van der Waals surface area (Å²) in [6.45, 7) is 0.712. The third kappa shape index (κ3) is 2.67. The number of para-hydroxylation sites is 1. The van der Waals surface area contributed by atoms with Gasteiger partial charge in [-0.15, -0.1) is 0 Å². The van der Waals surface area contributed by atoms with Crippen LogP contribution < -0.4 is 4.74 Å². The van der Waals surface area contributed by atoms with Crippen LogP contribution in [-0.2, 0) is 6.42 Å². The van der Waals surface area contributed by atoms with E-state index in [4.69, 9.17) is 16.3 Å². The Bertz CT molecular complexity index is 642. The first-order valence-corrected chi connectivity index (χ1v) is 8.00. The van der Waals surface area contributed by atoms with E-state index in [0.29, 0.717) is 11.6 Å². The Morgan fingerprint density at radius 1 is 1.20 bits per heavy atom. The molecule has 2 nitrogen and oxygen atoms in total. The van der Waals surface area contributed by atoms with Gasteiger partial charge in [0.05, 0.1) is 6.61 Å². The second-order valence-electron chi connectivity index (χ2n) is 4.86. The predicted octanol–water partition coefficient (Wildman–Crippen LogP) is 4.35. The molecule has 0 bridgehead atoms. The first kappa shape index (κ1) is 14.2. The van der Waals surface area contributed by atoms with E-state index in [0.717, 1.165) is 33.3 Å². The fourth-order valence-electron chi connectivity index (χ4n) is 2.52. The fourth-order valence-corrected chi connectivity index (χ4v) is 3.33. The van der Waals surface area contributed by atoms with Gasteiger partial charge >= 0.3 is 0 Å².